The third-order valence-corrected chi connectivity index (χ3v) is 8.92. The second-order valence-electron chi connectivity index (χ2n) is 10.5. The zero-order valence-corrected chi connectivity index (χ0v) is 25.7. The largest absolute Gasteiger partial charge is 0.292 e. The van der Waals surface area contributed by atoms with Crippen LogP contribution in [-0.2, 0) is 26.6 Å². The topological polar surface area (TPSA) is 95.6 Å². The maximum absolute atomic E-state index is 13.3. The molecule has 0 heterocycles. The summed E-state index contributed by atoms with van der Waals surface area (Å²) >= 11 is 0. The molecule has 0 aliphatic carbocycles. The van der Waals surface area contributed by atoms with Crippen molar-refractivity contribution in [2.45, 2.75) is 57.9 Å². The van der Waals surface area contributed by atoms with Gasteiger partial charge in [-0.25, -0.2) is 16.8 Å². The highest BCUT2D eigenvalue weighted by molar-refractivity contribution is 7.93. The standard InChI is InChI=1S/C31H39N3O4S2/c1-23(2)17-19-34(20-18-24(3)4)22-27-11-16-30(32-39(35,36)28-12-7-25(5)8-13-28)31(21-27)33-40(37,38)29-14-9-26(6)10-15-29/h7-18,21,32-33H,19-20,22H2,1-6H3. The van der Waals surface area contributed by atoms with E-state index in [2.05, 4.69) is 26.5 Å². The van der Waals surface area contributed by atoms with E-state index in [1.165, 1.54) is 35.4 Å². The molecule has 0 aliphatic heterocycles. The third kappa shape index (κ3) is 9.08. The zero-order chi connectivity index (χ0) is 29.5. The summed E-state index contributed by atoms with van der Waals surface area (Å²) in [5, 5.41) is 0. The maximum Gasteiger partial charge on any atom is 0.261 e. The first kappa shape index (κ1) is 31.1. The Morgan fingerprint density at radius 1 is 0.650 bits per heavy atom. The third-order valence-electron chi connectivity index (χ3n) is 6.16. The smallest absolute Gasteiger partial charge is 0.261 e. The molecule has 0 spiro atoms. The maximum atomic E-state index is 13.3. The van der Waals surface area contributed by atoms with Crippen molar-refractivity contribution in [1.29, 1.82) is 0 Å². The van der Waals surface area contributed by atoms with Gasteiger partial charge >= 0.3 is 0 Å². The monoisotopic (exact) mass is 581 g/mol. The molecular formula is C31H39N3O4S2. The average molecular weight is 582 g/mol. The molecule has 40 heavy (non-hydrogen) atoms. The van der Waals surface area contributed by atoms with E-state index in [0.29, 0.717) is 6.54 Å². The quantitative estimate of drug-likeness (QED) is 0.234. The molecule has 3 rings (SSSR count). The Kier molecular flexibility index (Phi) is 10.4. The minimum atomic E-state index is -3.98. The summed E-state index contributed by atoms with van der Waals surface area (Å²) in [6.45, 7) is 13.9. The van der Waals surface area contributed by atoms with Crippen molar-refractivity contribution in [3.05, 3.63) is 107 Å². The minimum absolute atomic E-state index is 0.0872. The highest BCUT2D eigenvalue weighted by Crippen LogP contribution is 2.29. The van der Waals surface area contributed by atoms with Gasteiger partial charge < -0.3 is 0 Å². The van der Waals surface area contributed by atoms with Gasteiger partial charge in [-0.2, -0.15) is 0 Å². The molecule has 0 atom stereocenters. The number of aryl methyl sites for hydroxylation is 2. The molecule has 2 N–H and O–H groups in total. The molecule has 0 saturated heterocycles. The van der Waals surface area contributed by atoms with E-state index >= 15 is 0 Å². The lowest BCUT2D eigenvalue weighted by molar-refractivity contribution is 0.326. The Balaban J connectivity index is 2.02. The van der Waals surface area contributed by atoms with Gasteiger partial charge in [0.05, 0.1) is 21.2 Å². The summed E-state index contributed by atoms with van der Waals surface area (Å²) in [7, 11) is -7.95. The second kappa shape index (κ2) is 13.3. The molecule has 3 aromatic rings. The first-order valence-electron chi connectivity index (χ1n) is 13.1. The van der Waals surface area contributed by atoms with Crippen molar-refractivity contribution in [3.63, 3.8) is 0 Å². The summed E-state index contributed by atoms with van der Waals surface area (Å²) in [5.41, 5.74) is 5.40. The van der Waals surface area contributed by atoms with Crippen LogP contribution in [0.15, 0.2) is 99.8 Å². The zero-order valence-electron chi connectivity index (χ0n) is 24.0. The van der Waals surface area contributed by atoms with Crippen LogP contribution < -0.4 is 9.44 Å². The predicted molar refractivity (Wildman–Crippen MR) is 165 cm³/mol. The Bertz CT molecular complexity index is 1560. The van der Waals surface area contributed by atoms with Crippen LogP contribution in [0.25, 0.3) is 0 Å². The van der Waals surface area contributed by atoms with E-state index < -0.39 is 20.0 Å². The Hall–Kier alpha value is -3.40. The molecule has 0 bridgehead atoms. The Labute approximate surface area is 239 Å². The molecule has 0 radical (unpaired) electrons. The fraction of sp³-hybridized carbons (Fsp3) is 0.290. The second-order valence-corrected chi connectivity index (χ2v) is 13.8. The first-order chi connectivity index (χ1) is 18.7. The van der Waals surface area contributed by atoms with Crippen LogP contribution in [0, 0.1) is 13.8 Å². The average Bonchev–Trinajstić information content (AvgIpc) is 2.87. The van der Waals surface area contributed by atoms with Gasteiger partial charge in [0.2, 0.25) is 0 Å². The number of sulfonamides is 2. The van der Waals surface area contributed by atoms with Crippen LogP contribution in [0.4, 0.5) is 11.4 Å². The number of nitrogens with zero attached hydrogens (tertiary/aromatic N) is 1. The fourth-order valence-corrected chi connectivity index (χ4v) is 5.94. The van der Waals surface area contributed by atoms with Crippen molar-refractivity contribution in [3.8, 4) is 0 Å². The number of hydrogen-bond donors (Lipinski definition) is 2. The number of anilines is 2. The normalized spacial score (nSPS) is 11.7. The Morgan fingerprint density at radius 3 is 1.50 bits per heavy atom. The number of nitrogens with one attached hydrogen (secondary N) is 2. The molecule has 0 amide bonds. The van der Waals surface area contributed by atoms with Crippen molar-refractivity contribution in [1.82, 2.24) is 4.90 Å². The highest BCUT2D eigenvalue weighted by Gasteiger charge is 2.21. The number of benzene rings is 3. The minimum Gasteiger partial charge on any atom is -0.292 e. The van der Waals surface area contributed by atoms with Crippen LogP contribution in [0.2, 0.25) is 0 Å². The summed E-state index contributed by atoms with van der Waals surface area (Å²) < 4.78 is 58.2. The van der Waals surface area contributed by atoms with Gasteiger partial charge in [-0.15, -0.1) is 0 Å². The molecule has 0 unspecified atom stereocenters. The number of allylic oxidation sites excluding steroid dienone is 2. The molecule has 0 saturated carbocycles. The van der Waals surface area contributed by atoms with Crippen LogP contribution in [0.1, 0.15) is 44.4 Å². The first-order valence-corrected chi connectivity index (χ1v) is 16.0. The molecule has 3 aromatic carbocycles. The van der Waals surface area contributed by atoms with E-state index in [-0.39, 0.29) is 21.2 Å². The van der Waals surface area contributed by atoms with Gasteiger partial charge in [-0.3, -0.25) is 14.3 Å². The summed E-state index contributed by atoms with van der Waals surface area (Å²) in [6, 6.07) is 18.1. The van der Waals surface area contributed by atoms with E-state index in [0.717, 1.165) is 29.8 Å². The highest BCUT2D eigenvalue weighted by atomic mass is 32.2. The van der Waals surface area contributed by atoms with Gasteiger partial charge in [-0.05, 0) is 83.5 Å². The van der Waals surface area contributed by atoms with Gasteiger partial charge in [-0.1, -0.05) is 64.8 Å². The van der Waals surface area contributed by atoms with E-state index in [1.54, 1.807) is 36.4 Å². The molecule has 9 heteroatoms. The SMILES string of the molecule is CC(C)=CCN(CC=C(C)C)Cc1ccc(NS(=O)(=O)c2ccc(C)cc2)c(NS(=O)(=O)c2ccc(C)cc2)c1. The summed E-state index contributed by atoms with van der Waals surface area (Å²) in [5.74, 6) is 0. The summed E-state index contributed by atoms with van der Waals surface area (Å²) in [4.78, 5) is 2.40. The van der Waals surface area contributed by atoms with Crippen molar-refractivity contribution < 1.29 is 16.8 Å². The summed E-state index contributed by atoms with van der Waals surface area (Å²) in [6.07, 6.45) is 4.29. The van der Waals surface area contributed by atoms with E-state index in [9.17, 15) is 16.8 Å². The molecule has 7 nitrogen and oxygen atoms in total. The predicted octanol–water partition coefficient (Wildman–Crippen LogP) is 6.64. The van der Waals surface area contributed by atoms with Gasteiger partial charge in [0.25, 0.3) is 20.0 Å². The molecule has 0 aromatic heterocycles. The lowest BCUT2D eigenvalue weighted by atomic mass is 10.1. The van der Waals surface area contributed by atoms with Gasteiger partial charge in [0.15, 0.2) is 0 Å². The molecule has 0 fully saturated rings. The van der Waals surface area contributed by atoms with Crippen LogP contribution in [0.5, 0.6) is 0 Å². The van der Waals surface area contributed by atoms with Crippen molar-refractivity contribution in [2.24, 2.45) is 0 Å². The molecular weight excluding hydrogens is 542 g/mol. The molecule has 214 valence electrons. The van der Waals surface area contributed by atoms with Crippen molar-refractivity contribution >= 4 is 31.4 Å². The number of hydrogen-bond acceptors (Lipinski definition) is 5. The van der Waals surface area contributed by atoms with E-state index in [4.69, 9.17) is 0 Å². The van der Waals surface area contributed by atoms with Gasteiger partial charge in [0, 0.05) is 19.6 Å². The Morgan fingerprint density at radius 2 is 1.07 bits per heavy atom. The molecule has 0 aliphatic rings. The van der Waals surface area contributed by atoms with Gasteiger partial charge in [0.1, 0.15) is 0 Å². The fourth-order valence-electron chi connectivity index (χ4n) is 3.79. The van der Waals surface area contributed by atoms with Crippen LogP contribution >= 0.6 is 0 Å². The van der Waals surface area contributed by atoms with E-state index in [1.807, 2.05) is 47.6 Å². The lowest BCUT2D eigenvalue weighted by Crippen LogP contribution is -2.24. The lowest BCUT2D eigenvalue weighted by Gasteiger charge is -2.21. The number of rotatable bonds is 12. The van der Waals surface area contributed by atoms with Crippen LogP contribution in [0.3, 0.4) is 0 Å². The van der Waals surface area contributed by atoms with Crippen LogP contribution in [-0.4, -0.2) is 34.8 Å². The van der Waals surface area contributed by atoms with Crippen molar-refractivity contribution in [2.75, 3.05) is 22.5 Å².